The number of rotatable bonds is 5. The molecule has 6 nitrogen and oxygen atoms in total. The van der Waals surface area contributed by atoms with Crippen molar-refractivity contribution >= 4 is 38.6 Å². The number of nitrogens with zero attached hydrogens (tertiary/aromatic N) is 2. The van der Waals surface area contributed by atoms with Gasteiger partial charge in [0.1, 0.15) is 5.15 Å². The van der Waals surface area contributed by atoms with E-state index in [-0.39, 0.29) is 22.9 Å². The highest BCUT2D eigenvalue weighted by Gasteiger charge is 2.23. The van der Waals surface area contributed by atoms with Gasteiger partial charge in [0.25, 0.3) is 10.0 Å². The van der Waals surface area contributed by atoms with Crippen molar-refractivity contribution in [3.63, 3.8) is 0 Å². The molecule has 25 heavy (non-hydrogen) atoms. The number of aromatic nitrogens is 2. The molecule has 3 aromatic rings. The Balaban J connectivity index is 2.19. The van der Waals surface area contributed by atoms with Crippen molar-refractivity contribution in [2.75, 3.05) is 7.11 Å². The summed E-state index contributed by atoms with van der Waals surface area (Å²) >= 11 is 5.92. The molecule has 0 saturated carbocycles. The third-order valence-electron chi connectivity index (χ3n) is 3.75. The van der Waals surface area contributed by atoms with Crippen LogP contribution in [0.5, 0.6) is 0 Å². The number of benzene rings is 1. The minimum absolute atomic E-state index is 0.0604. The van der Waals surface area contributed by atoms with Gasteiger partial charge in [-0.05, 0) is 36.8 Å². The monoisotopic (exact) mass is 378 g/mol. The predicted octanol–water partition coefficient (Wildman–Crippen LogP) is 3.03. The molecular weight excluding hydrogens is 364 g/mol. The van der Waals surface area contributed by atoms with Gasteiger partial charge in [0, 0.05) is 5.69 Å². The second-order valence-electron chi connectivity index (χ2n) is 5.33. The number of hydrogen-bond acceptors (Lipinski definition) is 5. The maximum absolute atomic E-state index is 13.1. The highest BCUT2D eigenvalue weighted by atomic mass is 35.5. The summed E-state index contributed by atoms with van der Waals surface area (Å²) in [6.45, 7) is 0. The lowest BCUT2D eigenvalue weighted by atomic mass is 10.2. The average Bonchev–Trinajstić information content (AvgIpc) is 2.98. The van der Waals surface area contributed by atoms with Crippen LogP contribution in [0.25, 0.3) is 11.0 Å². The minimum atomic E-state index is -3.84. The van der Waals surface area contributed by atoms with Gasteiger partial charge in [-0.25, -0.2) is 17.4 Å². The van der Waals surface area contributed by atoms with Gasteiger partial charge in [0.05, 0.1) is 29.5 Å². The van der Waals surface area contributed by atoms with Crippen molar-refractivity contribution in [2.24, 2.45) is 0 Å². The molecule has 0 radical (unpaired) electrons. The molecule has 0 aliphatic carbocycles. The summed E-state index contributed by atoms with van der Waals surface area (Å²) in [6, 6.07) is 12.9. The van der Waals surface area contributed by atoms with Crippen LogP contribution >= 0.6 is 11.6 Å². The largest absolute Gasteiger partial charge is 0.469 e. The molecule has 0 aliphatic heterocycles. The number of pyridine rings is 1. The predicted molar refractivity (Wildman–Crippen MR) is 94.1 cm³/mol. The van der Waals surface area contributed by atoms with Crippen LogP contribution in [0.3, 0.4) is 0 Å². The number of fused-ring (bicyclic) bond motifs is 1. The zero-order valence-electron chi connectivity index (χ0n) is 13.3. The number of methoxy groups -OCH3 is 1. The fraction of sp³-hybridized carbons (Fsp3) is 0.176. The molecule has 2 heterocycles. The highest BCUT2D eigenvalue weighted by molar-refractivity contribution is 7.90. The summed E-state index contributed by atoms with van der Waals surface area (Å²) in [5, 5.41) is 0.265. The van der Waals surface area contributed by atoms with E-state index in [0.717, 1.165) is 0 Å². The quantitative estimate of drug-likeness (QED) is 0.503. The molecule has 0 fully saturated rings. The first-order chi connectivity index (χ1) is 11.9. The first-order valence-electron chi connectivity index (χ1n) is 7.48. The van der Waals surface area contributed by atoms with E-state index in [2.05, 4.69) is 9.72 Å². The van der Waals surface area contributed by atoms with Crippen LogP contribution in [0, 0.1) is 0 Å². The van der Waals surface area contributed by atoms with Crippen molar-refractivity contribution in [2.45, 2.75) is 17.7 Å². The molecular formula is C17H15ClN2O4S. The van der Waals surface area contributed by atoms with Crippen LogP contribution < -0.4 is 0 Å². The van der Waals surface area contributed by atoms with Gasteiger partial charge in [0.2, 0.25) is 0 Å². The first kappa shape index (κ1) is 17.4. The van der Waals surface area contributed by atoms with E-state index in [9.17, 15) is 13.2 Å². The van der Waals surface area contributed by atoms with Gasteiger partial charge in [-0.3, -0.25) is 4.79 Å². The number of ether oxygens (including phenoxy) is 1. The molecule has 0 amide bonds. The van der Waals surface area contributed by atoms with E-state index in [1.165, 1.54) is 29.3 Å². The van der Waals surface area contributed by atoms with E-state index < -0.39 is 16.0 Å². The number of carbonyl (C=O) groups is 1. The van der Waals surface area contributed by atoms with Gasteiger partial charge in [-0.1, -0.05) is 29.8 Å². The molecule has 130 valence electrons. The Bertz CT molecular complexity index is 1030. The maximum Gasteiger partial charge on any atom is 0.305 e. The third-order valence-corrected chi connectivity index (χ3v) is 5.74. The van der Waals surface area contributed by atoms with E-state index in [1.54, 1.807) is 30.3 Å². The number of carbonyl (C=O) groups excluding carboxylic acids is 1. The number of aryl methyl sites for hydroxylation is 1. The second-order valence-corrected chi connectivity index (χ2v) is 7.51. The third kappa shape index (κ3) is 3.38. The molecule has 0 atom stereocenters. The van der Waals surface area contributed by atoms with E-state index in [1.807, 2.05) is 0 Å². The van der Waals surface area contributed by atoms with Crippen molar-refractivity contribution in [3.05, 3.63) is 59.4 Å². The summed E-state index contributed by atoms with van der Waals surface area (Å²) in [5.41, 5.74) is 1.30. The van der Waals surface area contributed by atoms with Gasteiger partial charge < -0.3 is 4.74 Å². The standard InChI is InChI=1S/C17H15ClN2O4S/c1-24-17(21)10-7-12-11-14-15(8-9-16(18)19-14)20(12)25(22,23)13-5-3-2-4-6-13/h2-6,8-9,11H,7,10H2,1H3. The Morgan fingerprint density at radius 1 is 1.20 bits per heavy atom. The molecule has 3 rings (SSSR count). The lowest BCUT2D eigenvalue weighted by Crippen LogP contribution is -2.16. The highest BCUT2D eigenvalue weighted by Crippen LogP contribution is 2.26. The fourth-order valence-electron chi connectivity index (χ4n) is 2.58. The number of halogens is 1. The minimum Gasteiger partial charge on any atom is -0.469 e. The lowest BCUT2D eigenvalue weighted by Gasteiger charge is -2.11. The Kier molecular flexibility index (Phi) is 4.78. The van der Waals surface area contributed by atoms with Gasteiger partial charge in [0.15, 0.2) is 0 Å². The van der Waals surface area contributed by atoms with Crippen LogP contribution in [-0.4, -0.2) is 30.5 Å². The summed E-state index contributed by atoms with van der Waals surface area (Å²) in [4.78, 5) is 15.8. The molecule has 0 spiro atoms. The maximum atomic E-state index is 13.1. The fourth-order valence-corrected chi connectivity index (χ4v) is 4.31. The van der Waals surface area contributed by atoms with Crippen LogP contribution in [0.2, 0.25) is 5.15 Å². The normalized spacial score (nSPS) is 11.6. The summed E-state index contributed by atoms with van der Waals surface area (Å²) in [5.74, 6) is -0.417. The molecule has 0 saturated heterocycles. The Morgan fingerprint density at radius 3 is 2.60 bits per heavy atom. The topological polar surface area (TPSA) is 78.3 Å². The van der Waals surface area contributed by atoms with Crippen LogP contribution in [0.15, 0.2) is 53.4 Å². The molecule has 1 aromatic carbocycles. The molecule has 0 bridgehead atoms. The molecule has 0 aliphatic rings. The van der Waals surface area contributed by atoms with Gasteiger partial charge in [-0.2, -0.15) is 0 Å². The van der Waals surface area contributed by atoms with Crippen LogP contribution in [0.1, 0.15) is 12.1 Å². The van der Waals surface area contributed by atoms with E-state index in [0.29, 0.717) is 16.7 Å². The molecule has 0 unspecified atom stereocenters. The Labute approximate surface area is 150 Å². The lowest BCUT2D eigenvalue weighted by molar-refractivity contribution is -0.140. The van der Waals surface area contributed by atoms with Gasteiger partial charge in [-0.15, -0.1) is 0 Å². The Hall–Kier alpha value is -2.38. The molecule has 8 heteroatoms. The second kappa shape index (κ2) is 6.85. The number of esters is 1. The zero-order chi connectivity index (χ0) is 18.0. The van der Waals surface area contributed by atoms with Crippen LogP contribution in [-0.2, 0) is 26.0 Å². The first-order valence-corrected chi connectivity index (χ1v) is 9.29. The van der Waals surface area contributed by atoms with E-state index >= 15 is 0 Å². The zero-order valence-corrected chi connectivity index (χ0v) is 14.9. The van der Waals surface area contributed by atoms with Crippen LogP contribution in [0.4, 0.5) is 0 Å². The Morgan fingerprint density at radius 2 is 1.92 bits per heavy atom. The number of hydrogen-bond donors (Lipinski definition) is 0. The van der Waals surface area contributed by atoms with E-state index in [4.69, 9.17) is 11.6 Å². The average molecular weight is 379 g/mol. The molecule has 0 N–H and O–H groups in total. The summed E-state index contributed by atoms with van der Waals surface area (Å²) in [7, 11) is -2.55. The van der Waals surface area contributed by atoms with Crippen molar-refractivity contribution in [1.29, 1.82) is 0 Å². The summed E-state index contributed by atoms with van der Waals surface area (Å²) < 4.78 is 32.1. The molecule has 2 aromatic heterocycles. The SMILES string of the molecule is COC(=O)CCc1cc2nc(Cl)ccc2n1S(=O)(=O)c1ccccc1. The van der Waals surface area contributed by atoms with Gasteiger partial charge >= 0.3 is 5.97 Å². The van der Waals surface area contributed by atoms with Crippen molar-refractivity contribution in [3.8, 4) is 0 Å². The smallest absolute Gasteiger partial charge is 0.305 e. The van der Waals surface area contributed by atoms with Crippen molar-refractivity contribution < 1.29 is 17.9 Å². The van der Waals surface area contributed by atoms with Crippen molar-refractivity contribution in [1.82, 2.24) is 8.96 Å². The summed E-state index contributed by atoms with van der Waals surface area (Å²) in [6.07, 6.45) is 0.261.